The third-order valence-corrected chi connectivity index (χ3v) is 3.89. The lowest BCUT2D eigenvalue weighted by atomic mass is 10.2. The Morgan fingerprint density at radius 1 is 1.15 bits per heavy atom. The molecule has 4 rings (SSSR count). The van der Waals surface area contributed by atoms with E-state index in [1.165, 1.54) is 6.92 Å². The number of hydrogen-bond donors (Lipinski definition) is 2. The van der Waals surface area contributed by atoms with Crippen LogP contribution in [-0.4, -0.2) is 20.4 Å². The maximum atomic E-state index is 11.1. The highest BCUT2D eigenvalue weighted by Crippen LogP contribution is 2.21. The SMILES string of the molecule is CC(=O)Nc1ccc(Nc2cc3c(cn2)ncn3Cc2ccco2)cc1. The molecule has 2 N–H and O–H groups in total. The summed E-state index contributed by atoms with van der Waals surface area (Å²) in [5.41, 5.74) is 3.42. The summed E-state index contributed by atoms with van der Waals surface area (Å²) in [5.74, 6) is 1.48. The fraction of sp³-hybridized carbons (Fsp3) is 0.105. The van der Waals surface area contributed by atoms with Crippen molar-refractivity contribution in [1.82, 2.24) is 14.5 Å². The Morgan fingerprint density at radius 3 is 2.69 bits per heavy atom. The lowest BCUT2D eigenvalue weighted by Gasteiger charge is -2.08. The monoisotopic (exact) mass is 347 g/mol. The first-order valence-corrected chi connectivity index (χ1v) is 8.15. The van der Waals surface area contributed by atoms with Crippen molar-refractivity contribution in [3.8, 4) is 0 Å². The van der Waals surface area contributed by atoms with Crippen LogP contribution in [0.15, 0.2) is 65.7 Å². The minimum Gasteiger partial charge on any atom is -0.467 e. The number of nitrogens with one attached hydrogen (secondary N) is 2. The molecule has 1 aromatic carbocycles. The first-order chi connectivity index (χ1) is 12.7. The Morgan fingerprint density at radius 2 is 1.96 bits per heavy atom. The Balaban J connectivity index is 1.56. The second-order valence-electron chi connectivity index (χ2n) is 5.89. The van der Waals surface area contributed by atoms with Crippen molar-refractivity contribution < 1.29 is 9.21 Å². The van der Waals surface area contributed by atoms with E-state index in [0.717, 1.165) is 28.2 Å². The summed E-state index contributed by atoms with van der Waals surface area (Å²) in [4.78, 5) is 19.9. The van der Waals surface area contributed by atoms with E-state index in [1.807, 2.05) is 47.0 Å². The molecule has 7 heteroatoms. The first-order valence-electron chi connectivity index (χ1n) is 8.15. The molecule has 0 spiro atoms. The van der Waals surface area contributed by atoms with Gasteiger partial charge >= 0.3 is 0 Å². The third-order valence-electron chi connectivity index (χ3n) is 3.89. The van der Waals surface area contributed by atoms with Crippen LogP contribution >= 0.6 is 0 Å². The van der Waals surface area contributed by atoms with Crippen LogP contribution in [-0.2, 0) is 11.3 Å². The summed E-state index contributed by atoms with van der Waals surface area (Å²) >= 11 is 0. The first kappa shape index (κ1) is 15.9. The van der Waals surface area contributed by atoms with Crippen LogP contribution in [0.2, 0.25) is 0 Å². The summed E-state index contributed by atoms with van der Waals surface area (Å²) in [6, 6.07) is 13.2. The van der Waals surface area contributed by atoms with Crippen molar-refractivity contribution in [1.29, 1.82) is 0 Å². The number of furan rings is 1. The zero-order valence-electron chi connectivity index (χ0n) is 14.1. The smallest absolute Gasteiger partial charge is 0.221 e. The average molecular weight is 347 g/mol. The van der Waals surface area contributed by atoms with E-state index in [9.17, 15) is 4.79 Å². The van der Waals surface area contributed by atoms with Gasteiger partial charge in [-0.1, -0.05) is 0 Å². The molecule has 0 fully saturated rings. The second-order valence-corrected chi connectivity index (χ2v) is 5.89. The van der Waals surface area contributed by atoms with E-state index in [4.69, 9.17) is 4.42 Å². The minimum atomic E-state index is -0.0948. The van der Waals surface area contributed by atoms with Crippen LogP contribution in [0.4, 0.5) is 17.2 Å². The number of aromatic nitrogens is 3. The zero-order valence-corrected chi connectivity index (χ0v) is 14.1. The highest BCUT2D eigenvalue weighted by Gasteiger charge is 2.07. The summed E-state index contributed by atoms with van der Waals surface area (Å²) in [5, 5.41) is 6.01. The van der Waals surface area contributed by atoms with Crippen LogP contribution in [0.25, 0.3) is 11.0 Å². The van der Waals surface area contributed by atoms with Crippen molar-refractivity contribution >= 4 is 34.1 Å². The van der Waals surface area contributed by atoms with Crippen molar-refractivity contribution in [2.75, 3.05) is 10.6 Å². The molecule has 0 radical (unpaired) electrons. The van der Waals surface area contributed by atoms with Gasteiger partial charge in [-0.2, -0.15) is 0 Å². The molecule has 0 bridgehead atoms. The van der Waals surface area contributed by atoms with Gasteiger partial charge in [0, 0.05) is 24.4 Å². The van der Waals surface area contributed by atoms with E-state index >= 15 is 0 Å². The molecule has 3 aromatic heterocycles. The lowest BCUT2D eigenvalue weighted by molar-refractivity contribution is -0.114. The van der Waals surface area contributed by atoms with Crippen molar-refractivity contribution in [2.45, 2.75) is 13.5 Å². The molecule has 26 heavy (non-hydrogen) atoms. The normalized spacial score (nSPS) is 10.8. The summed E-state index contributed by atoms with van der Waals surface area (Å²) in [7, 11) is 0. The van der Waals surface area contributed by atoms with Crippen molar-refractivity contribution in [3.63, 3.8) is 0 Å². The van der Waals surface area contributed by atoms with Crippen LogP contribution < -0.4 is 10.6 Å². The Kier molecular flexibility index (Phi) is 4.10. The minimum absolute atomic E-state index is 0.0948. The fourth-order valence-electron chi connectivity index (χ4n) is 2.71. The van der Waals surface area contributed by atoms with Crippen LogP contribution in [0, 0.1) is 0 Å². The Hall–Kier alpha value is -3.61. The molecule has 1 amide bonds. The number of rotatable bonds is 5. The molecule has 7 nitrogen and oxygen atoms in total. The lowest BCUT2D eigenvalue weighted by Crippen LogP contribution is -2.05. The molecule has 0 saturated carbocycles. The van der Waals surface area contributed by atoms with Crippen molar-refractivity contribution in [2.24, 2.45) is 0 Å². The highest BCUT2D eigenvalue weighted by atomic mass is 16.3. The summed E-state index contributed by atoms with van der Waals surface area (Å²) in [6.07, 6.45) is 5.18. The summed E-state index contributed by atoms with van der Waals surface area (Å²) < 4.78 is 7.43. The van der Waals surface area contributed by atoms with Gasteiger partial charge in [0.2, 0.25) is 5.91 Å². The largest absolute Gasteiger partial charge is 0.467 e. The topological polar surface area (TPSA) is 85.0 Å². The molecule has 0 aliphatic carbocycles. The number of amides is 1. The Bertz CT molecular complexity index is 1040. The van der Waals surface area contributed by atoms with E-state index in [-0.39, 0.29) is 5.91 Å². The summed E-state index contributed by atoms with van der Waals surface area (Å²) in [6.45, 7) is 2.09. The molecule has 4 aromatic rings. The van der Waals surface area contributed by atoms with Gasteiger partial charge in [-0.3, -0.25) is 4.79 Å². The molecule has 0 saturated heterocycles. The van der Waals surface area contributed by atoms with Gasteiger partial charge in [0.1, 0.15) is 17.1 Å². The zero-order chi connectivity index (χ0) is 17.9. The number of imidazole rings is 1. The van der Waals surface area contributed by atoms with Gasteiger partial charge in [0.15, 0.2) is 0 Å². The average Bonchev–Trinajstić information content (AvgIpc) is 3.27. The van der Waals surface area contributed by atoms with Gasteiger partial charge < -0.3 is 19.6 Å². The molecule has 0 atom stereocenters. The van der Waals surface area contributed by atoms with Crippen LogP contribution in [0.3, 0.4) is 0 Å². The van der Waals surface area contributed by atoms with E-state index in [2.05, 4.69) is 20.6 Å². The quantitative estimate of drug-likeness (QED) is 0.574. The van der Waals surface area contributed by atoms with E-state index in [0.29, 0.717) is 12.4 Å². The fourth-order valence-corrected chi connectivity index (χ4v) is 2.71. The number of nitrogens with zero attached hydrogens (tertiary/aromatic N) is 3. The third kappa shape index (κ3) is 3.41. The van der Waals surface area contributed by atoms with E-state index in [1.54, 1.807) is 18.8 Å². The van der Waals surface area contributed by atoms with Crippen molar-refractivity contribution in [3.05, 3.63) is 67.0 Å². The predicted molar refractivity (Wildman–Crippen MR) is 99.4 cm³/mol. The van der Waals surface area contributed by atoms with Gasteiger partial charge in [-0.15, -0.1) is 0 Å². The number of hydrogen-bond acceptors (Lipinski definition) is 5. The molecule has 0 aliphatic rings. The number of carbonyl (C=O) groups is 1. The Labute approximate surface area is 149 Å². The van der Waals surface area contributed by atoms with Gasteiger partial charge in [-0.25, -0.2) is 9.97 Å². The maximum Gasteiger partial charge on any atom is 0.221 e. The molecule has 0 aliphatic heterocycles. The molecular weight excluding hydrogens is 330 g/mol. The van der Waals surface area contributed by atoms with Gasteiger partial charge in [0.25, 0.3) is 0 Å². The van der Waals surface area contributed by atoms with Crippen LogP contribution in [0.1, 0.15) is 12.7 Å². The second kappa shape index (κ2) is 6.72. The molecular formula is C19H17N5O2. The number of fused-ring (bicyclic) bond motifs is 1. The molecule has 3 heterocycles. The maximum absolute atomic E-state index is 11.1. The van der Waals surface area contributed by atoms with E-state index < -0.39 is 0 Å². The molecule has 0 unspecified atom stereocenters. The number of benzene rings is 1. The van der Waals surface area contributed by atoms with Gasteiger partial charge in [-0.05, 0) is 36.4 Å². The standard InChI is InChI=1S/C19H17N5O2/c1-13(25)22-14-4-6-15(7-5-14)23-19-9-18-17(10-20-19)21-12-24(18)11-16-3-2-8-26-16/h2-10,12H,11H2,1H3,(H,20,23)(H,22,25). The highest BCUT2D eigenvalue weighted by molar-refractivity contribution is 5.89. The number of pyridine rings is 1. The van der Waals surface area contributed by atoms with Gasteiger partial charge in [0.05, 0.1) is 30.8 Å². The predicted octanol–water partition coefficient (Wildman–Crippen LogP) is 3.77. The number of anilines is 3. The van der Waals surface area contributed by atoms with Crippen LogP contribution in [0.5, 0.6) is 0 Å². The number of carbonyl (C=O) groups excluding carboxylic acids is 1. The molecule has 130 valence electrons.